The molecular formula is C22H31F3N2OS. The van der Waals surface area contributed by atoms with Crippen LogP contribution in [0.3, 0.4) is 0 Å². The van der Waals surface area contributed by atoms with Gasteiger partial charge >= 0.3 is 5.51 Å². The zero-order valence-corrected chi connectivity index (χ0v) is 17.7. The van der Waals surface area contributed by atoms with Crippen LogP contribution in [0.5, 0.6) is 0 Å². The monoisotopic (exact) mass is 428 g/mol. The van der Waals surface area contributed by atoms with Gasteiger partial charge in [0.1, 0.15) is 0 Å². The molecule has 0 aromatic heterocycles. The molecule has 2 aliphatic heterocycles. The zero-order chi connectivity index (χ0) is 20.3. The predicted octanol–water partition coefficient (Wildman–Crippen LogP) is 4.87. The Kier molecular flexibility index (Phi) is 7.10. The van der Waals surface area contributed by atoms with Crippen LogP contribution in [0.4, 0.5) is 13.2 Å². The fourth-order valence-corrected chi connectivity index (χ4v) is 5.50. The third-order valence-corrected chi connectivity index (χ3v) is 7.27. The van der Waals surface area contributed by atoms with Gasteiger partial charge in [-0.3, -0.25) is 4.90 Å². The summed E-state index contributed by atoms with van der Waals surface area (Å²) in [5.74, 6) is 2.21. The van der Waals surface area contributed by atoms with Gasteiger partial charge in [-0.2, -0.15) is 13.2 Å². The second kappa shape index (κ2) is 9.58. The van der Waals surface area contributed by atoms with E-state index in [-0.39, 0.29) is 16.7 Å². The SMILES string of the molecule is FC(F)(F)Sc1ccc(CN2C[C@@H]3C(COCCCN4CCCCC4)[C@@H]3C2)cc1. The molecule has 29 heavy (non-hydrogen) atoms. The van der Waals surface area contributed by atoms with Crippen molar-refractivity contribution in [3.63, 3.8) is 0 Å². The van der Waals surface area contributed by atoms with Crippen molar-refractivity contribution >= 4 is 11.8 Å². The van der Waals surface area contributed by atoms with Crippen LogP contribution in [-0.4, -0.2) is 61.2 Å². The number of benzene rings is 1. The van der Waals surface area contributed by atoms with E-state index >= 15 is 0 Å². The van der Waals surface area contributed by atoms with Gasteiger partial charge in [0.2, 0.25) is 0 Å². The number of piperidine rings is 2. The number of halogens is 3. The van der Waals surface area contributed by atoms with Crippen LogP contribution >= 0.6 is 11.8 Å². The molecule has 1 aromatic carbocycles. The number of fused-ring (bicyclic) bond motifs is 1. The maximum absolute atomic E-state index is 12.4. The van der Waals surface area contributed by atoms with E-state index in [1.54, 1.807) is 12.1 Å². The van der Waals surface area contributed by atoms with Crippen LogP contribution in [0.2, 0.25) is 0 Å². The van der Waals surface area contributed by atoms with E-state index in [1.807, 2.05) is 12.1 Å². The number of hydrogen-bond donors (Lipinski definition) is 0. The largest absolute Gasteiger partial charge is 0.446 e. The zero-order valence-electron chi connectivity index (χ0n) is 16.9. The van der Waals surface area contributed by atoms with Crippen LogP contribution in [0.15, 0.2) is 29.2 Å². The van der Waals surface area contributed by atoms with Crippen LogP contribution in [-0.2, 0) is 11.3 Å². The Bertz CT molecular complexity index is 636. The van der Waals surface area contributed by atoms with Gasteiger partial charge in [0.15, 0.2) is 0 Å². The number of ether oxygens (including phenoxy) is 1. The van der Waals surface area contributed by atoms with Crippen molar-refractivity contribution in [3.8, 4) is 0 Å². The summed E-state index contributed by atoms with van der Waals surface area (Å²) in [5.41, 5.74) is -3.13. The lowest BCUT2D eigenvalue weighted by atomic mass is 10.1. The Labute approximate surface area is 176 Å². The van der Waals surface area contributed by atoms with Crippen molar-refractivity contribution in [2.75, 3.05) is 45.9 Å². The standard InChI is InChI=1S/C22H31F3N2OS/c23-22(24,25)29-18-7-5-17(6-8-18)13-27-14-19-20(15-27)21(19)16-28-12-4-11-26-9-2-1-3-10-26/h5-8,19-21H,1-4,9-16H2/t19-,20+,21?. The highest BCUT2D eigenvalue weighted by Crippen LogP contribution is 2.52. The first-order chi connectivity index (χ1) is 14.0. The van der Waals surface area contributed by atoms with E-state index in [0.29, 0.717) is 5.92 Å². The molecule has 1 aliphatic carbocycles. The molecule has 0 bridgehead atoms. The molecule has 0 N–H and O–H groups in total. The summed E-state index contributed by atoms with van der Waals surface area (Å²) in [6.07, 6.45) is 5.21. The van der Waals surface area contributed by atoms with Crippen LogP contribution in [0, 0.1) is 17.8 Å². The quantitative estimate of drug-likeness (QED) is 0.412. The van der Waals surface area contributed by atoms with Crippen LogP contribution < -0.4 is 0 Å². The molecule has 162 valence electrons. The molecule has 2 saturated heterocycles. The van der Waals surface area contributed by atoms with E-state index in [1.165, 1.54) is 38.9 Å². The second-order valence-electron chi connectivity index (χ2n) is 8.71. The summed E-state index contributed by atoms with van der Waals surface area (Å²) < 4.78 is 43.2. The molecule has 1 unspecified atom stereocenters. The number of hydrogen-bond acceptors (Lipinski definition) is 4. The Hall–Kier alpha value is -0.760. The van der Waals surface area contributed by atoms with Crippen molar-refractivity contribution in [3.05, 3.63) is 29.8 Å². The molecule has 0 radical (unpaired) electrons. The topological polar surface area (TPSA) is 15.7 Å². The number of alkyl halides is 3. The molecule has 3 nitrogen and oxygen atoms in total. The third kappa shape index (κ3) is 6.36. The minimum absolute atomic E-state index is 0.0513. The Morgan fingerprint density at radius 3 is 2.31 bits per heavy atom. The summed E-state index contributed by atoms with van der Waals surface area (Å²) in [6, 6.07) is 6.79. The highest BCUT2D eigenvalue weighted by atomic mass is 32.2. The Morgan fingerprint density at radius 1 is 0.966 bits per heavy atom. The summed E-state index contributed by atoms with van der Waals surface area (Å²) in [6.45, 7) is 8.46. The molecule has 0 amide bonds. The minimum Gasteiger partial charge on any atom is -0.381 e. The van der Waals surface area contributed by atoms with Gasteiger partial charge in [-0.15, -0.1) is 0 Å². The first-order valence-electron chi connectivity index (χ1n) is 10.8. The highest BCUT2D eigenvalue weighted by Gasteiger charge is 2.55. The fourth-order valence-electron chi connectivity index (χ4n) is 4.96. The maximum Gasteiger partial charge on any atom is 0.446 e. The van der Waals surface area contributed by atoms with Gasteiger partial charge in [0, 0.05) is 37.7 Å². The smallest absolute Gasteiger partial charge is 0.381 e. The van der Waals surface area contributed by atoms with E-state index in [4.69, 9.17) is 4.74 Å². The van der Waals surface area contributed by atoms with E-state index in [9.17, 15) is 13.2 Å². The predicted molar refractivity (Wildman–Crippen MR) is 110 cm³/mol. The van der Waals surface area contributed by atoms with Gasteiger partial charge in [0.05, 0.1) is 6.61 Å². The summed E-state index contributed by atoms with van der Waals surface area (Å²) in [4.78, 5) is 5.24. The average molecular weight is 429 g/mol. The van der Waals surface area contributed by atoms with Gasteiger partial charge < -0.3 is 9.64 Å². The van der Waals surface area contributed by atoms with Gasteiger partial charge in [-0.25, -0.2) is 0 Å². The Morgan fingerprint density at radius 2 is 1.66 bits per heavy atom. The normalized spacial score (nSPS) is 27.9. The van der Waals surface area contributed by atoms with Crippen molar-refractivity contribution in [1.82, 2.24) is 9.80 Å². The van der Waals surface area contributed by atoms with Crippen LogP contribution in [0.1, 0.15) is 31.2 Å². The molecule has 3 fully saturated rings. The molecular weight excluding hydrogens is 397 g/mol. The highest BCUT2D eigenvalue weighted by molar-refractivity contribution is 8.00. The number of likely N-dealkylation sites (tertiary alicyclic amines) is 2. The van der Waals surface area contributed by atoms with E-state index < -0.39 is 5.51 Å². The molecule has 1 saturated carbocycles. The van der Waals surface area contributed by atoms with Crippen molar-refractivity contribution < 1.29 is 17.9 Å². The van der Waals surface area contributed by atoms with Crippen molar-refractivity contribution in [2.45, 2.75) is 42.6 Å². The lowest BCUT2D eigenvalue weighted by molar-refractivity contribution is -0.0328. The first-order valence-corrected chi connectivity index (χ1v) is 11.7. The summed E-state index contributed by atoms with van der Waals surface area (Å²) >= 11 is -0.0513. The molecule has 2 heterocycles. The molecule has 4 rings (SSSR count). The molecule has 3 atom stereocenters. The lowest BCUT2D eigenvalue weighted by Crippen LogP contribution is -2.31. The second-order valence-corrected chi connectivity index (χ2v) is 9.85. The fraction of sp³-hybridized carbons (Fsp3) is 0.727. The summed E-state index contributed by atoms with van der Waals surface area (Å²) in [5, 5.41) is 0. The summed E-state index contributed by atoms with van der Waals surface area (Å²) in [7, 11) is 0. The molecule has 7 heteroatoms. The van der Waals surface area contributed by atoms with Crippen molar-refractivity contribution in [2.24, 2.45) is 17.8 Å². The minimum atomic E-state index is -4.22. The maximum atomic E-state index is 12.4. The van der Waals surface area contributed by atoms with E-state index in [0.717, 1.165) is 56.7 Å². The average Bonchev–Trinajstić information content (AvgIpc) is 3.14. The molecule has 0 spiro atoms. The third-order valence-electron chi connectivity index (χ3n) is 6.53. The molecule has 3 aliphatic rings. The Balaban J connectivity index is 1.08. The number of rotatable bonds is 9. The van der Waals surface area contributed by atoms with E-state index in [2.05, 4.69) is 9.80 Å². The molecule has 1 aromatic rings. The first kappa shape index (κ1) is 21.5. The van der Waals surface area contributed by atoms with Gasteiger partial charge in [-0.1, -0.05) is 18.6 Å². The number of nitrogens with zero attached hydrogens (tertiary/aromatic N) is 2. The van der Waals surface area contributed by atoms with Gasteiger partial charge in [0.25, 0.3) is 0 Å². The lowest BCUT2D eigenvalue weighted by Gasteiger charge is -2.26. The van der Waals surface area contributed by atoms with Crippen molar-refractivity contribution in [1.29, 1.82) is 0 Å². The number of thioether (sulfide) groups is 1. The van der Waals surface area contributed by atoms with Crippen LogP contribution in [0.25, 0.3) is 0 Å². The van der Waals surface area contributed by atoms with Gasteiger partial charge in [-0.05, 0) is 79.6 Å².